The Hall–Kier alpha value is -0.650. The largest absolute Gasteiger partial charge is 0.374 e. The van der Waals surface area contributed by atoms with Crippen molar-refractivity contribution in [3.8, 4) is 0 Å². The number of hydrogen-bond donors (Lipinski definition) is 1. The summed E-state index contributed by atoms with van der Waals surface area (Å²) in [7, 11) is 0. The van der Waals surface area contributed by atoms with E-state index in [0.717, 1.165) is 25.7 Å². The summed E-state index contributed by atoms with van der Waals surface area (Å²) in [6.45, 7) is 2.79. The van der Waals surface area contributed by atoms with Gasteiger partial charge in [-0.2, -0.15) is 0 Å². The molecule has 2 heterocycles. The first kappa shape index (κ1) is 13.0. The van der Waals surface area contributed by atoms with E-state index in [0.29, 0.717) is 12.1 Å². The predicted octanol–water partition coefficient (Wildman–Crippen LogP) is 2.54. The van der Waals surface area contributed by atoms with Crippen molar-refractivity contribution in [3.05, 3.63) is 11.1 Å². The molecule has 1 aromatic rings. The molecule has 1 aromatic heterocycles. The second-order valence-electron chi connectivity index (χ2n) is 6.23. The van der Waals surface area contributed by atoms with Crippen LogP contribution in [-0.2, 0) is 11.3 Å². The number of ether oxygens (including phenoxy) is 1. The van der Waals surface area contributed by atoms with Gasteiger partial charge >= 0.3 is 0 Å². The molecule has 2 unspecified atom stereocenters. The molecule has 0 spiro atoms. The molecule has 4 rings (SSSR count). The maximum absolute atomic E-state index is 5.95. The maximum atomic E-state index is 5.95. The summed E-state index contributed by atoms with van der Waals surface area (Å²) < 4.78 is 5.95. The van der Waals surface area contributed by atoms with Gasteiger partial charge in [0, 0.05) is 24.5 Å². The van der Waals surface area contributed by atoms with Gasteiger partial charge in [-0.1, -0.05) is 12.8 Å². The Labute approximate surface area is 124 Å². The Bertz CT molecular complexity index is 458. The van der Waals surface area contributed by atoms with Crippen molar-refractivity contribution in [3.63, 3.8) is 0 Å². The third-order valence-electron chi connectivity index (χ3n) is 4.67. The average molecular weight is 293 g/mol. The van der Waals surface area contributed by atoms with Crippen LogP contribution in [0.15, 0.2) is 5.38 Å². The van der Waals surface area contributed by atoms with Gasteiger partial charge < -0.3 is 15.0 Å². The van der Waals surface area contributed by atoms with E-state index in [1.54, 1.807) is 11.3 Å². The van der Waals surface area contributed by atoms with Crippen molar-refractivity contribution in [1.82, 2.24) is 10.3 Å². The lowest BCUT2D eigenvalue weighted by Gasteiger charge is -2.43. The van der Waals surface area contributed by atoms with Crippen LogP contribution in [-0.4, -0.2) is 36.3 Å². The summed E-state index contributed by atoms with van der Waals surface area (Å²) >= 11 is 1.80. The fourth-order valence-corrected chi connectivity index (χ4v) is 4.29. The number of anilines is 1. The second-order valence-corrected chi connectivity index (χ2v) is 7.07. The Morgan fingerprint density at radius 1 is 1.30 bits per heavy atom. The van der Waals surface area contributed by atoms with Gasteiger partial charge in [-0.15, -0.1) is 11.3 Å². The van der Waals surface area contributed by atoms with E-state index in [1.807, 2.05) is 0 Å². The Kier molecular flexibility index (Phi) is 3.67. The molecular weight excluding hydrogens is 270 g/mol. The first-order chi connectivity index (χ1) is 9.90. The summed E-state index contributed by atoms with van der Waals surface area (Å²) in [4.78, 5) is 7.36. The van der Waals surface area contributed by atoms with Crippen LogP contribution in [0.3, 0.4) is 0 Å². The minimum absolute atomic E-state index is 0.439. The van der Waals surface area contributed by atoms with E-state index in [4.69, 9.17) is 9.72 Å². The van der Waals surface area contributed by atoms with Crippen LogP contribution < -0.4 is 10.2 Å². The first-order valence-electron chi connectivity index (χ1n) is 7.96. The topological polar surface area (TPSA) is 37.4 Å². The zero-order valence-corrected chi connectivity index (χ0v) is 12.7. The van der Waals surface area contributed by atoms with Gasteiger partial charge in [-0.05, 0) is 25.7 Å². The van der Waals surface area contributed by atoms with E-state index in [-0.39, 0.29) is 0 Å². The van der Waals surface area contributed by atoms with Gasteiger partial charge in [-0.3, -0.25) is 0 Å². The van der Waals surface area contributed by atoms with E-state index in [9.17, 15) is 0 Å². The normalized spacial score (nSPS) is 30.3. The molecule has 2 atom stereocenters. The molecule has 20 heavy (non-hydrogen) atoms. The highest BCUT2D eigenvalue weighted by Crippen LogP contribution is 2.33. The molecule has 1 saturated heterocycles. The molecule has 2 aliphatic carbocycles. The Morgan fingerprint density at radius 3 is 3.10 bits per heavy atom. The molecule has 0 aromatic carbocycles. The number of hydrogen-bond acceptors (Lipinski definition) is 5. The van der Waals surface area contributed by atoms with Gasteiger partial charge in [0.25, 0.3) is 0 Å². The van der Waals surface area contributed by atoms with Crippen molar-refractivity contribution in [2.24, 2.45) is 0 Å². The lowest BCUT2D eigenvalue weighted by atomic mass is 9.90. The van der Waals surface area contributed by atoms with Crippen LogP contribution in [0, 0.1) is 0 Å². The molecule has 0 amide bonds. The molecule has 0 bridgehead atoms. The number of rotatable bonds is 4. The summed E-state index contributed by atoms with van der Waals surface area (Å²) in [5.74, 6) is 0. The molecule has 3 aliphatic rings. The van der Waals surface area contributed by atoms with Gasteiger partial charge in [0.05, 0.1) is 24.4 Å². The van der Waals surface area contributed by atoms with Gasteiger partial charge in [0.15, 0.2) is 5.13 Å². The average Bonchev–Trinajstić information content (AvgIpc) is 3.21. The minimum atomic E-state index is 0.439. The summed E-state index contributed by atoms with van der Waals surface area (Å²) in [6.07, 6.45) is 8.26. The number of nitrogens with one attached hydrogen (secondary N) is 1. The number of aromatic nitrogens is 1. The standard InChI is InChI=1S/C15H23N3OS/c1-2-4-14-13(3-1)18(7-8-19-14)15-17-12(10-20-15)9-16-11-5-6-11/h10-11,13-14,16H,1-9H2. The molecule has 0 radical (unpaired) electrons. The van der Waals surface area contributed by atoms with Gasteiger partial charge in [0.1, 0.15) is 0 Å². The molecule has 110 valence electrons. The number of thiazole rings is 1. The summed E-state index contributed by atoms with van der Waals surface area (Å²) in [5.41, 5.74) is 1.20. The van der Waals surface area contributed by atoms with Crippen molar-refractivity contribution in [2.45, 2.75) is 63.3 Å². The van der Waals surface area contributed by atoms with Gasteiger partial charge in [0.2, 0.25) is 0 Å². The van der Waals surface area contributed by atoms with E-state index in [1.165, 1.54) is 49.4 Å². The van der Waals surface area contributed by atoms with Crippen LogP contribution in [0.2, 0.25) is 0 Å². The fourth-order valence-electron chi connectivity index (χ4n) is 3.38. The zero-order valence-electron chi connectivity index (χ0n) is 11.9. The second kappa shape index (κ2) is 5.62. The fraction of sp³-hybridized carbons (Fsp3) is 0.800. The number of morpholine rings is 1. The SMILES string of the molecule is c1sc(N2CCOC3CCCCC32)nc1CNC1CC1. The minimum Gasteiger partial charge on any atom is -0.374 e. The molecule has 5 heteroatoms. The van der Waals surface area contributed by atoms with Crippen molar-refractivity contribution < 1.29 is 4.74 Å². The third-order valence-corrected chi connectivity index (χ3v) is 5.59. The first-order valence-corrected chi connectivity index (χ1v) is 8.84. The Balaban J connectivity index is 1.44. The van der Waals surface area contributed by atoms with Crippen LogP contribution >= 0.6 is 11.3 Å². The monoisotopic (exact) mass is 293 g/mol. The predicted molar refractivity (Wildman–Crippen MR) is 81.3 cm³/mol. The van der Waals surface area contributed by atoms with Crippen LogP contribution in [0.5, 0.6) is 0 Å². The van der Waals surface area contributed by atoms with Crippen molar-refractivity contribution in [1.29, 1.82) is 0 Å². The maximum Gasteiger partial charge on any atom is 0.185 e. The van der Waals surface area contributed by atoms with Crippen molar-refractivity contribution >= 4 is 16.5 Å². The van der Waals surface area contributed by atoms with E-state index in [2.05, 4.69) is 15.6 Å². The summed E-state index contributed by atoms with van der Waals surface area (Å²) in [6, 6.07) is 1.32. The third kappa shape index (κ3) is 2.71. The smallest absolute Gasteiger partial charge is 0.185 e. The van der Waals surface area contributed by atoms with Crippen LogP contribution in [0.25, 0.3) is 0 Å². The number of fused-ring (bicyclic) bond motifs is 1. The molecule has 3 fully saturated rings. The highest BCUT2D eigenvalue weighted by atomic mass is 32.1. The van der Waals surface area contributed by atoms with Crippen LogP contribution in [0.1, 0.15) is 44.2 Å². The highest BCUT2D eigenvalue weighted by Gasteiger charge is 2.35. The molecule has 1 aliphatic heterocycles. The highest BCUT2D eigenvalue weighted by molar-refractivity contribution is 7.13. The van der Waals surface area contributed by atoms with Crippen LogP contribution in [0.4, 0.5) is 5.13 Å². The quantitative estimate of drug-likeness (QED) is 0.926. The van der Waals surface area contributed by atoms with E-state index < -0.39 is 0 Å². The van der Waals surface area contributed by atoms with Crippen molar-refractivity contribution in [2.75, 3.05) is 18.1 Å². The molecule has 4 nitrogen and oxygen atoms in total. The summed E-state index contributed by atoms with van der Waals surface area (Å²) in [5, 5.41) is 6.97. The molecule has 1 N–H and O–H groups in total. The van der Waals surface area contributed by atoms with Gasteiger partial charge in [-0.25, -0.2) is 4.98 Å². The number of nitrogens with zero attached hydrogens (tertiary/aromatic N) is 2. The lowest BCUT2D eigenvalue weighted by molar-refractivity contribution is -0.00869. The molecule has 2 saturated carbocycles. The Morgan fingerprint density at radius 2 is 2.20 bits per heavy atom. The lowest BCUT2D eigenvalue weighted by Crippen LogP contribution is -2.52. The van der Waals surface area contributed by atoms with E-state index >= 15 is 0 Å². The molecular formula is C15H23N3OS. The zero-order chi connectivity index (χ0) is 13.4.